The molecule has 0 amide bonds. The zero-order valence-electron chi connectivity index (χ0n) is 15.2. The van der Waals surface area contributed by atoms with Crippen molar-refractivity contribution < 1.29 is 13.2 Å². The molecule has 28 heavy (non-hydrogen) atoms. The third-order valence-corrected chi connectivity index (χ3v) is 7.87. The molecule has 0 spiro atoms. The Kier molecular flexibility index (Phi) is 5.24. The summed E-state index contributed by atoms with van der Waals surface area (Å²) in [4.78, 5) is 18.5. The Bertz CT molecular complexity index is 1070. The van der Waals surface area contributed by atoms with Crippen LogP contribution in [0.4, 0.5) is 5.69 Å². The Hall–Kier alpha value is -1.83. The number of fused-ring (bicyclic) bond motifs is 1. The average molecular weight is 435 g/mol. The molecule has 5 nitrogen and oxygen atoms in total. The van der Waals surface area contributed by atoms with Gasteiger partial charge in [0.25, 0.3) is 0 Å². The third-order valence-electron chi connectivity index (χ3n) is 4.90. The van der Waals surface area contributed by atoms with E-state index in [4.69, 9.17) is 16.6 Å². The molecule has 146 valence electrons. The summed E-state index contributed by atoms with van der Waals surface area (Å²) < 4.78 is 24.3. The first kappa shape index (κ1) is 19.5. The number of sulfone groups is 1. The van der Waals surface area contributed by atoms with Crippen LogP contribution in [0, 0.1) is 0 Å². The lowest BCUT2D eigenvalue weighted by Crippen LogP contribution is -2.39. The molecule has 0 saturated carbocycles. The molecule has 2 heterocycles. The maximum Gasteiger partial charge on any atom is 0.164 e. The van der Waals surface area contributed by atoms with Crippen molar-refractivity contribution in [2.24, 2.45) is 4.99 Å². The molecule has 0 N–H and O–H groups in total. The average Bonchev–Trinajstić information content (AvgIpc) is 3.11. The van der Waals surface area contributed by atoms with E-state index >= 15 is 0 Å². The summed E-state index contributed by atoms with van der Waals surface area (Å²) in [6, 6.07) is 14.4. The minimum absolute atomic E-state index is 0.0262. The second-order valence-corrected chi connectivity index (χ2v) is 10.6. The fourth-order valence-electron chi connectivity index (χ4n) is 3.58. The van der Waals surface area contributed by atoms with Crippen molar-refractivity contribution in [3.05, 3.63) is 64.7 Å². The van der Waals surface area contributed by atoms with Crippen molar-refractivity contribution in [2.75, 3.05) is 16.4 Å². The van der Waals surface area contributed by atoms with Gasteiger partial charge in [0.2, 0.25) is 0 Å². The summed E-state index contributed by atoms with van der Waals surface area (Å²) in [6.45, 7) is 1.52. The van der Waals surface area contributed by atoms with Gasteiger partial charge in [-0.05, 0) is 36.8 Å². The van der Waals surface area contributed by atoms with E-state index in [1.54, 1.807) is 17.8 Å². The van der Waals surface area contributed by atoms with Crippen LogP contribution in [-0.4, -0.2) is 43.0 Å². The molecule has 2 aliphatic rings. The summed E-state index contributed by atoms with van der Waals surface area (Å²) in [5.74, 6) is 0.796. The van der Waals surface area contributed by atoms with Crippen LogP contribution in [0.15, 0.2) is 53.5 Å². The Labute approximate surface area is 173 Å². The number of halogens is 1. The van der Waals surface area contributed by atoms with Crippen molar-refractivity contribution in [3.8, 4) is 0 Å². The van der Waals surface area contributed by atoms with Crippen LogP contribution < -0.4 is 4.90 Å². The van der Waals surface area contributed by atoms with Gasteiger partial charge < -0.3 is 4.90 Å². The summed E-state index contributed by atoms with van der Waals surface area (Å²) in [7, 11) is -3.11. The van der Waals surface area contributed by atoms with Gasteiger partial charge in [0.15, 0.2) is 20.8 Å². The van der Waals surface area contributed by atoms with E-state index in [9.17, 15) is 13.2 Å². The molecule has 4 rings (SSSR count). The smallest absolute Gasteiger partial charge is 0.164 e. The number of hydrogen-bond donors (Lipinski definition) is 0. The summed E-state index contributed by atoms with van der Waals surface area (Å²) in [5.41, 5.74) is 2.47. The number of aliphatic imine (C=N–C) groups is 1. The number of Topliss-reactive ketones (excluding diaryl/α,β-unsaturated/α-hetero) is 1. The normalized spacial score (nSPS) is 22.8. The lowest BCUT2D eigenvalue weighted by Gasteiger charge is -2.26. The zero-order valence-corrected chi connectivity index (χ0v) is 17.6. The highest BCUT2D eigenvalue weighted by Gasteiger charge is 2.47. The Morgan fingerprint density at radius 2 is 2.00 bits per heavy atom. The molecule has 1 saturated heterocycles. The van der Waals surface area contributed by atoms with Crippen LogP contribution in [0.25, 0.3) is 0 Å². The Morgan fingerprint density at radius 3 is 2.75 bits per heavy atom. The first-order valence-electron chi connectivity index (χ1n) is 8.88. The number of hydrogen-bond acceptors (Lipinski definition) is 6. The predicted molar refractivity (Wildman–Crippen MR) is 115 cm³/mol. The van der Waals surface area contributed by atoms with Crippen LogP contribution in [0.2, 0.25) is 5.02 Å². The highest BCUT2D eigenvalue weighted by molar-refractivity contribution is 8.13. The number of benzene rings is 2. The number of amidine groups is 1. The van der Waals surface area contributed by atoms with Crippen LogP contribution in [0.5, 0.6) is 0 Å². The summed E-state index contributed by atoms with van der Waals surface area (Å²) in [6.07, 6.45) is 0. The maximum atomic E-state index is 12.1. The maximum absolute atomic E-state index is 12.1. The highest BCUT2D eigenvalue weighted by atomic mass is 35.5. The monoisotopic (exact) mass is 434 g/mol. The van der Waals surface area contributed by atoms with E-state index in [1.807, 2.05) is 47.4 Å². The number of carbonyl (C=O) groups excluding carboxylic acids is 1. The second kappa shape index (κ2) is 7.54. The van der Waals surface area contributed by atoms with Gasteiger partial charge in [-0.15, -0.1) is 0 Å². The van der Waals surface area contributed by atoms with Gasteiger partial charge in [-0.3, -0.25) is 9.79 Å². The molecular weight excluding hydrogens is 416 g/mol. The van der Waals surface area contributed by atoms with Gasteiger partial charge in [0.05, 0.1) is 23.6 Å². The minimum atomic E-state index is -3.11. The van der Waals surface area contributed by atoms with Crippen molar-refractivity contribution in [1.29, 1.82) is 0 Å². The van der Waals surface area contributed by atoms with E-state index in [2.05, 4.69) is 0 Å². The largest absolute Gasteiger partial charge is 0.315 e. The van der Waals surface area contributed by atoms with E-state index in [-0.39, 0.29) is 29.4 Å². The van der Waals surface area contributed by atoms with Crippen LogP contribution in [0.1, 0.15) is 22.8 Å². The molecule has 2 aromatic carbocycles. The quantitative estimate of drug-likeness (QED) is 0.684. The molecule has 0 aromatic heterocycles. The molecule has 8 heteroatoms. The van der Waals surface area contributed by atoms with Gasteiger partial charge >= 0.3 is 0 Å². The molecule has 0 bridgehead atoms. The van der Waals surface area contributed by atoms with Gasteiger partial charge in [-0.25, -0.2) is 8.42 Å². The number of nitrogens with zero attached hydrogens (tertiary/aromatic N) is 2. The highest BCUT2D eigenvalue weighted by Crippen LogP contribution is 2.36. The number of carbonyl (C=O) groups is 1. The molecule has 2 atom stereocenters. The van der Waals surface area contributed by atoms with Gasteiger partial charge in [0.1, 0.15) is 0 Å². The molecular formula is C20H19ClN2O3S2. The first-order chi connectivity index (χ1) is 13.3. The Morgan fingerprint density at radius 1 is 1.21 bits per heavy atom. The number of rotatable bonds is 4. The number of ketones is 1. The SMILES string of the molecule is CC(=O)c1cccc(N2C(SCc3cccc(Cl)c3)=N[C@@H]3CS(=O)(=O)C[C@H]32)c1. The lowest BCUT2D eigenvalue weighted by molar-refractivity contribution is 0.101. The van der Waals surface area contributed by atoms with Crippen LogP contribution >= 0.6 is 23.4 Å². The number of thioether (sulfide) groups is 1. The third kappa shape index (κ3) is 3.97. The van der Waals surface area contributed by atoms with E-state index in [0.29, 0.717) is 16.3 Å². The van der Waals surface area contributed by atoms with Gasteiger partial charge in [0, 0.05) is 22.0 Å². The fourth-order valence-corrected chi connectivity index (χ4v) is 6.71. The lowest BCUT2D eigenvalue weighted by atomic mass is 10.1. The standard InChI is InChI=1S/C20H19ClN2O3S2/c1-13(24)15-5-3-7-17(9-15)23-19-12-28(25,26)11-18(19)22-20(23)27-10-14-4-2-6-16(21)8-14/h2-9,18-19H,10-12H2,1H3/t18-,19-/m1/s1. The van der Waals surface area contributed by atoms with Crippen molar-refractivity contribution in [2.45, 2.75) is 24.8 Å². The summed E-state index contributed by atoms with van der Waals surface area (Å²) >= 11 is 7.63. The van der Waals surface area contributed by atoms with Gasteiger partial charge in [-0.1, -0.05) is 47.6 Å². The van der Waals surface area contributed by atoms with Crippen molar-refractivity contribution in [3.63, 3.8) is 0 Å². The molecule has 1 fully saturated rings. The van der Waals surface area contributed by atoms with Crippen LogP contribution in [-0.2, 0) is 15.6 Å². The topological polar surface area (TPSA) is 66.8 Å². The second-order valence-electron chi connectivity index (χ2n) is 7.02. The molecule has 0 unspecified atom stereocenters. The fraction of sp³-hybridized carbons (Fsp3) is 0.300. The van der Waals surface area contributed by atoms with Crippen LogP contribution in [0.3, 0.4) is 0 Å². The van der Waals surface area contributed by atoms with E-state index in [1.165, 1.54) is 6.92 Å². The zero-order chi connectivity index (χ0) is 19.9. The molecule has 2 aromatic rings. The molecule has 2 aliphatic heterocycles. The minimum Gasteiger partial charge on any atom is -0.315 e. The Balaban J connectivity index is 1.65. The van der Waals surface area contributed by atoms with Crippen molar-refractivity contribution >= 4 is 49.8 Å². The predicted octanol–water partition coefficient (Wildman–Crippen LogP) is 3.82. The van der Waals surface area contributed by atoms with E-state index in [0.717, 1.165) is 16.4 Å². The molecule has 0 aliphatic carbocycles. The van der Waals surface area contributed by atoms with Gasteiger partial charge in [-0.2, -0.15) is 0 Å². The first-order valence-corrected chi connectivity index (χ1v) is 12.1. The van der Waals surface area contributed by atoms with Crippen molar-refractivity contribution in [1.82, 2.24) is 0 Å². The van der Waals surface area contributed by atoms with E-state index < -0.39 is 9.84 Å². The number of anilines is 1. The summed E-state index contributed by atoms with van der Waals surface area (Å²) in [5, 5.41) is 1.46. The molecule has 0 radical (unpaired) electrons.